The topological polar surface area (TPSA) is 53.1 Å². The molecule has 0 amide bonds. The summed E-state index contributed by atoms with van der Waals surface area (Å²) in [7, 11) is 1.75. The zero-order chi connectivity index (χ0) is 14.0. The van der Waals surface area contributed by atoms with Gasteiger partial charge in [0.2, 0.25) is 0 Å². The Kier molecular flexibility index (Phi) is 3.80. The summed E-state index contributed by atoms with van der Waals surface area (Å²) in [4.78, 5) is 0. The van der Waals surface area contributed by atoms with Crippen molar-refractivity contribution in [2.24, 2.45) is 12.8 Å². The number of nitrogens with zero attached hydrogens (tertiary/aromatic N) is 2. The van der Waals surface area contributed by atoms with Crippen molar-refractivity contribution >= 4 is 0 Å². The SMILES string of the molecule is CC(N)C(Oc1cc(F)ccc1F)c1cnn(C)c1. The van der Waals surface area contributed by atoms with Gasteiger partial charge in [-0.05, 0) is 19.1 Å². The minimum absolute atomic E-state index is 0.161. The van der Waals surface area contributed by atoms with Gasteiger partial charge in [-0.1, -0.05) is 0 Å². The van der Waals surface area contributed by atoms with Crippen LogP contribution in [0.5, 0.6) is 5.75 Å². The summed E-state index contributed by atoms with van der Waals surface area (Å²) in [6, 6.07) is 2.66. The normalized spacial score (nSPS) is 14.2. The van der Waals surface area contributed by atoms with Gasteiger partial charge in [-0.15, -0.1) is 0 Å². The van der Waals surface area contributed by atoms with Crippen LogP contribution in [0.15, 0.2) is 30.6 Å². The Labute approximate surface area is 109 Å². The van der Waals surface area contributed by atoms with Gasteiger partial charge >= 0.3 is 0 Å². The third kappa shape index (κ3) is 3.08. The summed E-state index contributed by atoms with van der Waals surface area (Å²) in [5.74, 6) is -1.35. The molecule has 0 aliphatic rings. The van der Waals surface area contributed by atoms with Crippen molar-refractivity contribution in [1.82, 2.24) is 9.78 Å². The number of ether oxygens (including phenoxy) is 1. The van der Waals surface area contributed by atoms with E-state index in [0.717, 1.165) is 18.2 Å². The lowest BCUT2D eigenvalue weighted by Crippen LogP contribution is -2.29. The molecular weight excluding hydrogens is 252 g/mol. The second-order valence-corrected chi connectivity index (χ2v) is 4.42. The van der Waals surface area contributed by atoms with E-state index in [1.807, 2.05) is 0 Å². The van der Waals surface area contributed by atoms with Gasteiger partial charge in [0.1, 0.15) is 11.9 Å². The first-order chi connectivity index (χ1) is 8.97. The first kappa shape index (κ1) is 13.5. The molecule has 102 valence electrons. The van der Waals surface area contributed by atoms with Crippen LogP contribution >= 0.6 is 0 Å². The van der Waals surface area contributed by atoms with Crippen LogP contribution in [0.25, 0.3) is 0 Å². The Morgan fingerprint density at radius 1 is 1.37 bits per heavy atom. The van der Waals surface area contributed by atoms with Crippen molar-refractivity contribution in [1.29, 1.82) is 0 Å². The highest BCUT2D eigenvalue weighted by molar-refractivity contribution is 5.26. The Bertz CT molecular complexity index is 569. The molecule has 19 heavy (non-hydrogen) atoms. The molecule has 4 nitrogen and oxygen atoms in total. The summed E-state index contributed by atoms with van der Waals surface area (Å²) in [5.41, 5.74) is 6.55. The molecule has 2 atom stereocenters. The first-order valence-electron chi connectivity index (χ1n) is 5.83. The monoisotopic (exact) mass is 267 g/mol. The molecule has 2 unspecified atom stereocenters. The lowest BCUT2D eigenvalue weighted by atomic mass is 10.1. The molecule has 0 spiro atoms. The van der Waals surface area contributed by atoms with E-state index in [1.54, 1.807) is 31.0 Å². The first-order valence-corrected chi connectivity index (χ1v) is 5.83. The highest BCUT2D eigenvalue weighted by Crippen LogP contribution is 2.26. The average Bonchev–Trinajstić information content (AvgIpc) is 2.76. The zero-order valence-corrected chi connectivity index (χ0v) is 10.7. The van der Waals surface area contributed by atoms with Crippen LogP contribution in [-0.4, -0.2) is 15.8 Å². The van der Waals surface area contributed by atoms with Crippen molar-refractivity contribution < 1.29 is 13.5 Å². The Morgan fingerprint density at radius 3 is 2.68 bits per heavy atom. The minimum Gasteiger partial charge on any atom is -0.481 e. The van der Waals surface area contributed by atoms with Crippen LogP contribution in [0, 0.1) is 11.6 Å². The van der Waals surface area contributed by atoms with E-state index in [2.05, 4.69) is 5.10 Å². The number of aryl methyl sites for hydroxylation is 1. The summed E-state index contributed by atoms with van der Waals surface area (Å²) >= 11 is 0. The lowest BCUT2D eigenvalue weighted by molar-refractivity contribution is 0.172. The molecule has 0 radical (unpaired) electrons. The van der Waals surface area contributed by atoms with Crippen LogP contribution in [0.3, 0.4) is 0 Å². The number of halogens is 2. The molecular formula is C13H15F2N3O. The fourth-order valence-corrected chi connectivity index (χ4v) is 1.77. The van der Waals surface area contributed by atoms with Gasteiger partial charge in [0.25, 0.3) is 0 Å². The number of benzene rings is 1. The number of nitrogens with two attached hydrogens (primary N) is 1. The van der Waals surface area contributed by atoms with Gasteiger partial charge in [-0.3, -0.25) is 4.68 Å². The molecule has 2 N–H and O–H groups in total. The molecule has 6 heteroatoms. The maximum absolute atomic E-state index is 13.6. The second-order valence-electron chi connectivity index (χ2n) is 4.42. The lowest BCUT2D eigenvalue weighted by Gasteiger charge is -2.21. The molecule has 0 bridgehead atoms. The van der Waals surface area contributed by atoms with E-state index in [0.29, 0.717) is 5.56 Å². The van der Waals surface area contributed by atoms with Crippen molar-refractivity contribution in [2.45, 2.75) is 19.1 Å². The highest BCUT2D eigenvalue weighted by Gasteiger charge is 2.21. The van der Waals surface area contributed by atoms with Gasteiger partial charge in [0, 0.05) is 30.9 Å². The summed E-state index contributed by atoms with van der Waals surface area (Å²) in [5, 5.41) is 4.01. The fourth-order valence-electron chi connectivity index (χ4n) is 1.77. The molecule has 0 saturated carbocycles. The second kappa shape index (κ2) is 5.36. The van der Waals surface area contributed by atoms with Crippen LogP contribution in [0.1, 0.15) is 18.6 Å². The van der Waals surface area contributed by atoms with E-state index in [9.17, 15) is 8.78 Å². The summed E-state index contributed by atoms with van der Waals surface area (Å²) in [6.45, 7) is 1.73. The average molecular weight is 267 g/mol. The molecule has 2 aromatic rings. The third-order valence-corrected chi connectivity index (χ3v) is 2.68. The fraction of sp³-hybridized carbons (Fsp3) is 0.308. The summed E-state index contributed by atoms with van der Waals surface area (Å²) in [6.07, 6.45) is 2.72. The smallest absolute Gasteiger partial charge is 0.165 e. The predicted molar refractivity (Wildman–Crippen MR) is 66.6 cm³/mol. The molecule has 0 fully saturated rings. The van der Waals surface area contributed by atoms with E-state index in [1.165, 1.54) is 0 Å². The van der Waals surface area contributed by atoms with Crippen LogP contribution < -0.4 is 10.5 Å². The largest absolute Gasteiger partial charge is 0.481 e. The van der Waals surface area contributed by atoms with Crippen LogP contribution in [-0.2, 0) is 7.05 Å². The maximum atomic E-state index is 13.6. The molecule has 0 aliphatic carbocycles. The standard InChI is InChI=1S/C13H15F2N3O/c1-8(16)13(9-6-17-18(2)7-9)19-12-5-10(14)3-4-11(12)15/h3-8,13H,16H2,1-2H3. The van der Waals surface area contributed by atoms with E-state index in [-0.39, 0.29) is 5.75 Å². The minimum atomic E-state index is -0.629. The van der Waals surface area contributed by atoms with Gasteiger partial charge in [-0.2, -0.15) is 5.10 Å². The highest BCUT2D eigenvalue weighted by atomic mass is 19.1. The van der Waals surface area contributed by atoms with Gasteiger partial charge in [0.05, 0.1) is 6.20 Å². The number of rotatable bonds is 4. The number of hydrogen-bond donors (Lipinski definition) is 1. The molecule has 1 aromatic carbocycles. The van der Waals surface area contributed by atoms with Gasteiger partial charge in [0.15, 0.2) is 11.6 Å². The quantitative estimate of drug-likeness (QED) is 0.923. The molecule has 0 saturated heterocycles. The van der Waals surface area contributed by atoms with E-state index < -0.39 is 23.8 Å². The molecule has 2 rings (SSSR count). The number of hydrogen-bond acceptors (Lipinski definition) is 3. The molecule has 0 aliphatic heterocycles. The Balaban J connectivity index is 2.29. The van der Waals surface area contributed by atoms with E-state index in [4.69, 9.17) is 10.5 Å². The zero-order valence-electron chi connectivity index (χ0n) is 10.7. The summed E-state index contributed by atoms with van der Waals surface area (Å²) < 4.78 is 33.8. The Hall–Kier alpha value is -1.95. The molecule has 1 heterocycles. The van der Waals surface area contributed by atoms with Crippen LogP contribution in [0.4, 0.5) is 8.78 Å². The van der Waals surface area contributed by atoms with Gasteiger partial charge in [-0.25, -0.2) is 8.78 Å². The maximum Gasteiger partial charge on any atom is 0.165 e. The third-order valence-electron chi connectivity index (χ3n) is 2.68. The van der Waals surface area contributed by atoms with Crippen molar-refractivity contribution in [2.75, 3.05) is 0 Å². The van der Waals surface area contributed by atoms with Gasteiger partial charge < -0.3 is 10.5 Å². The Morgan fingerprint density at radius 2 is 2.11 bits per heavy atom. The predicted octanol–water partition coefficient (Wildman–Crippen LogP) is 2.17. The molecule has 1 aromatic heterocycles. The van der Waals surface area contributed by atoms with Crippen molar-refractivity contribution in [3.8, 4) is 5.75 Å². The van der Waals surface area contributed by atoms with Crippen molar-refractivity contribution in [3.63, 3.8) is 0 Å². The number of aromatic nitrogens is 2. The van der Waals surface area contributed by atoms with E-state index >= 15 is 0 Å². The van der Waals surface area contributed by atoms with Crippen LogP contribution in [0.2, 0.25) is 0 Å². The van der Waals surface area contributed by atoms with Crippen molar-refractivity contribution in [3.05, 3.63) is 47.8 Å².